The van der Waals surface area contributed by atoms with Crippen molar-refractivity contribution in [2.75, 3.05) is 11.1 Å². The maximum atomic E-state index is 10.7. The number of hydrogen-bond donors (Lipinski definition) is 1. The first kappa shape index (κ1) is 11.1. The highest BCUT2D eigenvalue weighted by molar-refractivity contribution is 8.01. The van der Waals surface area contributed by atoms with Gasteiger partial charge in [-0.25, -0.2) is 0 Å². The van der Waals surface area contributed by atoms with Crippen LogP contribution in [0.4, 0.5) is 5.13 Å². The number of aromatic nitrogens is 2. The Bertz CT molecular complexity index is 350. The second-order valence-corrected chi connectivity index (χ2v) is 4.74. The zero-order valence-corrected chi connectivity index (χ0v) is 9.37. The van der Waals surface area contributed by atoms with E-state index in [2.05, 4.69) is 15.5 Å². The third-order valence-electron chi connectivity index (χ3n) is 1.09. The molecule has 1 aromatic rings. The lowest BCUT2D eigenvalue weighted by molar-refractivity contribution is -0.115. The normalized spacial score (nSPS) is 9.86. The molecule has 0 aliphatic heterocycles. The van der Waals surface area contributed by atoms with Crippen LogP contribution in [-0.4, -0.2) is 27.6 Å². The lowest BCUT2D eigenvalue weighted by Gasteiger charge is -1.91. The highest BCUT2D eigenvalue weighted by Gasteiger charge is 2.06. The van der Waals surface area contributed by atoms with Crippen molar-refractivity contribution in [2.45, 2.75) is 18.2 Å². The van der Waals surface area contributed by atoms with Gasteiger partial charge in [-0.15, -0.1) is 10.2 Å². The molecule has 1 N–H and O–H groups in total. The number of rotatable bonds is 4. The van der Waals surface area contributed by atoms with Gasteiger partial charge in [-0.1, -0.05) is 23.1 Å². The number of carbonyl (C=O) groups excluding carboxylic acids is 2. The van der Waals surface area contributed by atoms with E-state index in [9.17, 15) is 9.59 Å². The van der Waals surface area contributed by atoms with Gasteiger partial charge in [-0.2, -0.15) is 0 Å². The second kappa shape index (κ2) is 5.06. The van der Waals surface area contributed by atoms with Crippen molar-refractivity contribution in [1.29, 1.82) is 0 Å². The van der Waals surface area contributed by atoms with Crippen LogP contribution in [0.25, 0.3) is 0 Å². The molecule has 7 heteroatoms. The van der Waals surface area contributed by atoms with Crippen molar-refractivity contribution in [3.63, 3.8) is 0 Å². The number of amides is 1. The molecule has 1 amide bonds. The smallest absolute Gasteiger partial charge is 0.223 e. The van der Waals surface area contributed by atoms with Gasteiger partial charge in [0, 0.05) is 6.92 Å². The molecule has 0 fully saturated rings. The highest BCUT2D eigenvalue weighted by Crippen LogP contribution is 2.25. The summed E-state index contributed by atoms with van der Waals surface area (Å²) in [5.41, 5.74) is 0. The van der Waals surface area contributed by atoms with Crippen LogP contribution in [0.1, 0.15) is 13.8 Å². The summed E-state index contributed by atoms with van der Waals surface area (Å²) in [6.45, 7) is 2.92. The monoisotopic (exact) mass is 231 g/mol. The SMILES string of the molecule is CC(=O)CSc1nnc(NC(C)=O)s1. The minimum absolute atomic E-state index is 0.0891. The molecule has 5 nitrogen and oxygen atoms in total. The molecule has 0 aliphatic rings. The Morgan fingerprint density at radius 1 is 1.43 bits per heavy atom. The minimum atomic E-state index is -0.177. The standard InChI is InChI=1S/C7H9N3O2S2/c1-4(11)3-13-7-10-9-6(14-7)8-5(2)12/h3H2,1-2H3,(H,8,9,12). The van der Waals surface area contributed by atoms with E-state index < -0.39 is 0 Å². The topological polar surface area (TPSA) is 72.0 Å². The van der Waals surface area contributed by atoms with Crippen LogP contribution < -0.4 is 5.32 Å². The largest absolute Gasteiger partial charge is 0.301 e. The van der Waals surface area contributed by atoms with Gasteiger partial charge < -0.3 is 5.32 Å². The summed E-state index contributed by atoms with van der Waals surface area (Å²) in [6.07, 6.45) is 0. The molecule has 0 saturated heterocycles. The van der Waals surface area contributed by atoms with E-state index in [-0.39, 0.29) is 11.7 Å². The summed E-state index contributed by atoms with van der Waals surface area (Å²) in [4.78, 5) is 21.3. The first-order chi connectivity index (χ1) is 6.58. The van der Waals surface area contributed by atoms with Crippen LogP contribution in [0, 0.1) is 0 Å². The first-order valence-electron chi connectivity index (χ1n) is 3.81. The molecule has 0 saturated carbocycles. The van der Waals surface area contributed by atoms with Gasteiger partial charge >= 0.3 is 0 Å². The average Bonchev–Trinajstić information content (AvgIpc) is 2.47. The zero-order valence-electron chi connectivity index (χ0n) is 7.73. The van der Waals surface area contributed by atoms with Crippen LogP contribution in [-0.2, 0) is 9.59 Å². The van der Waals surface area contributed by atoms with Crippen LogP contribution in [0.2, 0.25) is 0 Å². The molecular formula is C7H9N3O2S2. The van der Waals surface area contributed by atoms with E-state index in [4.69, 9.17) is 0 Å². The number of nitrogens with zero attached hydrogens (tertiary/aromatic N) is 2. The third kappa shape index (κ3) is 3.84. The maximum absolute atomic E-state index is 10.7. The molecule has 0 spiro atoms. The van der Waals surface area contributed by atoms with E-state index in [0.29, 0.717) is 15.2 Å². The van der Waals surface area contributed by atoms with Crippen LogP contribution in [0.3, 0.4) is 0 Å². The number of hydrogen-bond acceptors (Lipinski definition) is 6. The molecule has 1 rings (SSSR count). The van der Waals surface area contributed by atoms with Gasteiger partial charge in [0.15, 0.2) is 4.34 Å². The minimum Gasteiger partial charge on any atom is -0.301 e. The number of Topliss-reactive ketones (excluding diaryl/α,β-unsaturated/α-hetero) is 1. The fourth-order valence-corrected chi connectivity index (χ4v) is 2.23. The number of carbonyl (C=O) groups is 2. The van der Waals surface area contributed by atoms with Gasteiger partial charge in [-0.3, -0.25) is 9.59 Å². The molecule has 0 aliphatic carbocycles. The lowest BCUT2D eigenvalue weighted by Crippen LogP contribution is -2.04. The van der Waals surface area contributed by atoms with Crippen molar-refractivity contribution in [3.05, 3.63) is 0 Å². The van der Waals surface area contributed by atoms with Gasteiger partial charge in [0.25, 0.3) is 0 Å². The summed E-state index contributed by atoms with van der Waals surface area (Å²) < 4.78 is 0.684. The molecule has 0 bridgehead atoms. The Kier molecular flexibility index (Phi) is 4.02. The van der Waals surface area contributed by atoms with E-state index in [1.54, 1.807) is 0 Å². The molecule has 0 atom stereocenters. The predicted molar refractivity (Wildman–Crippen MR) is 55.6 cm³/mol. The Morgan fingerprint density at radius 2 is 2.14 bits per heavy atom. The molecule has 0 radical (unpaired) electrons. The molecule has 76 valence electrons. The Morgan fingerprint density at radius 3 is 2.71 bits per heavy atom. The highest BCUT2D eigenvalue weighted by atomic mass is 32.2. The van der Waals surface area contributed by atoms with Crippen LogP contribution in [0.15, 0.2) is 4.34 Å². The van der Waals surface area contributed by atoms with Crippen molar-refractivity contribution < 1.29 is 9.59 Å². The number of thioether (sulfide) groups is 1. The van der Waals surface area contributed by atoms with Crippen LogP contribution >= 0.6 is 23.1 Å². The third-order valence-corrected chi connectivity index (χ3v) is 3.20. The van der Waals surface area contributed by atoms with E-state index >= 15 is 0 Å². The van der Waals surface area contributed by atoms with Gasteiger partial charge in [0.05, 0.1) is 5.75 Å². The van der Waals surface area contributed by atoms with Gasteiger partial charge in [0.2, 0.25) is 11.0 Å². The molecule has 0 unspecified atom stereocenters. The summed E-state index contributed by atoms with van der Waals surface area (Å²) in [6, 6.07) is 0. The van der Waals surface area contributed by atoms with Gasteiger partial charge in [-0.05, 0) is 6.92 Å². The van der Waals surface area contributed by atoms with Gasteiger partial charge in [0.1, 0.15) is 5.78 Å². The fraction of sp³-hybridized carbons (Fsp3) is 0.429. The molecule has 14 heavy (non-hydrogen) atoms. The number of anilines is 1. The maximum Gasteiger partial charge on any atom is 0.223 e. The van der Waals surface area contributed by atoms with Crippen molar-refractivity contribution in [3.8, 4) is 0 Å². The van der Waals surface area contributed by atoms with Crippen molar-refractivity contribution in [1.82, 2.24) is 10.2 Å². The molecule has 1 aromatic heterocycles. The van der Waals surface area contributed by atoms with E-state index in [1.165, 1.54) is 36.9 Å². The van der Waals surface area contributed by atoms with Crippen LogP contribution in [0.5, 0.6) is 0 Å². The van der Waals surface area contributed by atoms with E-state index in [0.717, 1.165) is 0 Å². The summed E-state index contributed by atoms with van der Waals surface area (Å²) in [5.74, 6) is 0.296. The fourth-order valence-electron chi connectivity index (χ4n) is 0.633. The number of ketones is 1. The molecular weight excluding hydrogens is 222 g/mol. The average molecular weight is 231 g/mol. The van der Waals surface area contributed by atoms with E-state index in [1.807, 2.05) is 0 Å². The first-order valence-corrected chi connectivity index (χ1v) is 5.61. The summed E-state index contributed by atoms with van der Waals surface area (Å²) >= 11 is 2.58. The van der Waals surface area contributed by atoms with Crippen molar-refractivity contribution >= 4 is 39.9 Å². The Hall–Kier alpha value is -0.950. The summed E-state index contributed by atoms with van der Waals surface area (Å²) in [7, 11) is 0. The Balaban J connectivity index is 2.50. The summed E-state index contributed by atoms with van der Waals surface area (Å²) in [5, 5.41) is 10.5. The molecule has 0 aromatic carbocycles. The zero-order chi connectivity index (χ0) is 10.6. The predicted octanol–water partition coefficient (Wildman–Crippen LogP) is 1.18. The number of nitrogens with one attached hydrogen (secondary N) is 1. The second-order valence-electron chi connectivity index (χ2n) is 2.54. The lowest BCUT2D eigenvalue weighted by atomic mass is 10.5. The molecule has 1 heterocycles. The van der Waals surface area contributed by atoms with Crippen molar-refractivity contribution in [2.24, 2.45) is 0 Å². The quantitative estimate of drug-likeness (QED) is 0.622. The Labute approximate surface area is 89.3 Å².